The van der Waals surface area contributed by atoms with Crippen LogP contribution in [0.5, 0.6) is 0 Å². The largest absolute Gasteiger partial charge is 0.388 e. The van der Waals surface area contributed by atoms with Gasteiger partial charge in [0.1, 0.15) is 0 Å². The summed E-state index contributed by atoms with van der Waals surface area (Å²) in [5.41, 5.74) is 0.986. The number of aliphatic hydroxyl groups is 1. The summed E-state index contributed by atoms with van der Waals surface area (Å²) in [6.07, 6.45) is 1.13. The molecular weight excluding hydrogens is 224 g/mol. The molecule has 0 saturated heterocycles. The zero-order valence-electron chi connectivity index (χ0n) is 11.0. The molecule has 0 aliphatic carbocycles. The molecule has 1 aromatic rings. The molecule has 1 nitrogen and oxygen atoms in total. The first-order chi connectivity index (χ1) is 7.99. The van der Waals surface area contributed by atoms with Crippen molar-refractivity contribution in [3.63, 3.8) is 0 Å². The number of hydrogen-bond acceptors (Lipinski definition) is 1. The first-order valence-electron chi connectivity index (χ1n) is 6.18. The van der Waals surface area contributed by atoms with E-state index in [9.17, 15) is 5.11 Å². The smallest absolute Gasteiger partial charge is 0.0799 e. The highest BCUT2D eigenvalue weighted by molar-refractivity contribution is 6.76. The van der Waals surface area contributed by atoms with Crippen molar-refractivity contribution in [2.75, 3.05) is 0 Å². The summed E-state index contributed by atoms with van der Waals surface area (Å²) in [4.78, 5) is 0. The molecule has 1 aromatic carbocycles. The van der Waals surface area contributed by atoms with Crippen molar-refractivity contribution in [3.8, 4) is 11.8 Å². The Morgan fingerprint density at radius 3 is 2.35 bits per heavy atom. The molecule has 0 bridgehead atoms. The van der Waals surface area contributed by atoms with Gasteiger partial charge in [0.05, 0.1) is 14.2 Å². The van der Waals surface area contributed by atoms with Crippen LogP contribution >= 0.6 is 0 Å². The highest BCUT2D eigenvalue weighted by atomic mass is 28.3. The number of rotatable bonds is 4. The standard InChI is InChI=1S/C15H22OSi/c1-17(2,3)13-9-5-8-12-15(16)14-10-6-4-7-11-14/h4,6-7,10-11,15-16H,8,12-13H2,1-3H3/t15-/m0/s1. The molecule has 0 aliphatic rings. The van der Waals surface area contributed by atoms with Gasteiger partial charge < -0.3 is 5.11 Å². The predicted octanol–water partition coefficient (Wildman–Crippen LogP) is 3.84. The van der Waals surface area contributed by atoms with E-state index in [1.807, 2.05) is 30.3 Å². The van der Waals surface area contributed by atoms with Gasteiger partial charge in [-0.1, -0.05) is 50.0 Å². The lowest BCUT2D eigenvalue weighted by Gasteiger charge is -2.10. The molecular formula is C15H22OSi. The first kappa shape index (κ1) is 14.0. The van der Waals surface area contributed by atoms with Gasteiger partial charge in [-0.2, -0.15) is 0 Å². The molecule has 2 heteroatoms. The number of hydrogen-bond donors (Lipinski definition) is 1. The molecule has 0 aromatic heterocycles. The summed E-state index contributed by atoms with van der Waals surface area (Å²) in [5.74, 6) is 6.40. The minimum atomic E-state index is -1.03. The van der Waals surface area contributed by atoms with E-state index < -0.39 is 8.07 Å². The van der Waals surface area contributed by atoms with Crippen molar-refractivity contribution in [2.45, 2.75) is 44.6 Å². The van der Waals surface area contributed by atoms with Crippen molar-refractivity contribution in [2.24, 2.45) is 0 Å². The maximum Gasteiger partial charge on any atom is 0.0799 e. The van der Waals surface area contributed by atoms with E-state index in [-0.39, 0.29) is 6.10 Å². The molecule has 0 heterocycles. The first-order valence-corrected chi connectivity index (χ1v) is 9.88. The summed E-state index contributed by atoms with van der Waals surface area (Å²) in [7, 11) is -1.03. The van der Waals surface area contributed by atoms with Crippen molar-refractivity contribution < 1.29 is 5.11 Å². The second-order valence-electron chi connectivity index (χ2n) is 5.56. The monoisotopic (exact) mass is 246 g/mol. The normalized spacial score (nSPS) is 12.7. The van der Waals surface area contributed by atoms with Gasteiger partial charge in [0, 0.05) is 12.5 Å². The molecule has 92 valence electrons. The lowest BCUT2D eigenvalue weighted by Crippen LogP contribution is -2.17. The van der Waals surface area contributed by atoms with Crippen molar-refractivity contribution in [1.82, 2.24) is 0 Å². The summed E-state index contributed by atoms with van der Waals surface area (Å²) in [6.45, 7) is 6.96. The third kappa shape index (κ3) is 6.30. The minimum Gasteiger partial charge on any atom is -0.388 e. The Balaban J connectivity index is 2.32. The Bertz CT molecular complexity index is 381. The van der Waals surface area contributed by atoms with E-state index in [2.05, 4.69) is 31.5 Å². The van der Waals surface area contributed by atoms with Crippen LogP contribution in [0.1, 0.15) is 24.5 Å². The third-order valence-corrected chi connectivity index (χ3v) is 3.71. The Kier molecular flexibility index (Phi) is 5.47. The zero-order valence-corrected chi connectivity index (χ0v) is 12.0. The second-order valence-corrected chi connectivity index (χ2v) is 11.0. The van der Waals surface area contributed by atoms with Crippen LogP contribution in [0.15, 0.2) is 30.3 Å². The van der Waals surface area contributed by atoms with E-state index in [4.69, 9.17) is 0 Å². The van der Waals surface area contributed by atoms with Crippen LogP contribution in [-0.4, -0.2) is 13.2 Å². The maximum atomic E-state index is 9.92. The van der Waals surface area contributed by atoms with Crippen LogP contribution in [0, 0.1) is 11.8 Å². The Morgan fingerprint density at radius 2 is 1.76 bits per heavy atom. The molecule has 17 heavy (non-hydrogen) atoms. The fraction of sp³-hybridized carbons (Fsp3) is 0.467. The minimum absolute atomic E-state index is 0.377. The molecule has 1 rings (SSSR count). The Morgan fingerprint density at radius 1 is 1.12 bits per heavy atom. The van der Waals surface area contributed by atoms with Crippen LogP contribution in [-0.2, 0) is 0 Å². The SMILES string of the molecule is C[Si](C)(C)CC#CCC[C@H](O)c1ccccc1. The van der Waals surface area contributed by atoms with Gasteiger partial charge in [-0.05, 0) is 12.0 Å². The molecule has 0 radical (unpaired) electrons. The summed E-state index contributed by atoms with van der Waals surface area (Å²) >= 11 is 0. The summed E-state index contributed by atoms with van der Waals surface area (Å²) < 4.78 is 0. The predicted molar refractivity (Wildman–Crippen MR) is 76.6 cm³/mol. The van der Waals surface area contributed by atoms with Crippen LogP contribution in [0.2, 0.25) is 25.7 Å². The van der Waals surface area contributed by atoms with Gasteiger partial charge in [-0.25, -0.2) is 0 Å². The molecule has 1 atom stereocenters. The fourth-order valence-corrected chi connectivity index (χ4v) is 2.12. The molecule has 0 amide bonds. The average Bonchev–Trinajstić information content (AvgIpc) is 2.28. The number of benzene rings is 1. The zero-order chi connectivity index (χ0) is 12.7. The third-order valence-electron chi connectivity index (χ3n) is 2.47. The second kappa shape index (κ2) is 6.63. The van der Waals surface area contributed by atoms with Crippen molar-refractivity contribution in [3.05, 3.63) is 35.9 Å². The van der Waals surface area contributed by atoms with E-state index >= 15 is 0 Å². The highest BCUT2D eigenvalue weighted by Gasteiger charge is 2.09. The van der Waals surface area contributed by atoms with E-state index in [0.717, 1.165) is 24.4 Å². The fourth-order valence-electron chi connectivity index (χ4n) is 1.47. The average molecular weight is 246 g/mol. The molecule has 0 aliphatic heterocycles. The van der Waals surface area contributed by atoms with Crippen molar-refractivity contribution in [1.29, 1.82) is 0 Å². The van der Waals surface area contributed by atoms with Gasteiger partial charge in [0.15, 0.2) is 0 Å². The van der Waals surface area contributed by atoms with Crippen molar-refractivity contribution >= 4 is 8.07 Å². The van der Waals surface area contributed by atoms with Crippen LogP contribution in [0.25, 0.3) is 0 Å². The lowest BCUT2D eigenvalue weighted by atomic mass is 10.1. The topological polar surface area (TPSA) is 20.2 Å². The highest BCUT2D eigenvalue weighted by Crippen LogP contribution is 2.17. The molecule has 0 unspecified atom stereocenters. The van der Waals surface area contributed by atoms with Gasteiger partial charge in [-0.3, -0.25) is 0 Å². The number of aliphatic hydroxyl groups excluding tert-OH is 1. The van der Waals surface area contributed by atoms with Crippen LogP contribution < -0.4 is 0 Å². The van der Waals surface area contributed by atoms with Crippen LogP contribution in [0.4, 0.5) is 0 Å². The van der Waals surface area contributed by atoms with E-state index in [1.54, 1.807) is 0 Å². The van der Waals surface area contributed by atoms with Gasteiger partial charge in [-0.15, -0.1) is 11.8 Å². The van der Waals surface area contributed by atoms with Gasteiger partial charge in [0.2, 0.25) is 0 Å². The van der Waals surface area contributed by atoms with E-state index in [1.165, 1.54) is 0 Å². The molecule has 0 fully saturated rings. The summed E-state index contributed by atoms with van der Waals surface area (Å²) in [6, 6.07) is 10.8. The molecule has 1 N–H and O–H groups in total. The van der Waals surface area contributed by atoms with Gasteiger partial charge in [0.25, 0.3) is 0 Å². The maximum absolute atomic E-state index is 9.92. The summed E-state index contributed by atoms with van der Waals surface area (Å²) in [5, 5.41) is 9.92. The van der Waals surface area contributed by atoms with Crippen LogP contribution in [0.3, 0.4) is 0 Å². The molecule has 0 spiro atoms. The lowest BCUT2D eigenvalue weighted by molar-refractivity contribution is 0.169. The Labute approximate surface area is 106 Å². The molecule has 0 saturated carbocycles. The van der Waals surface area contributed by atoms with E-state index in [0.29, 0.717) is 0 Å². The van der Waals surface area contributed by atoms with Gasteiger partial charge >= 0.3 is 0 Å². The Hall–Kier alpha value is -1.04. The quantitative estimate of drug-likeness (QED) is 0.632.